The molecule has 2 aromatic carbocycles. The van der Waals surface area contributed by atoms with Crippen molar-refractivity contribution in [3.63, 3.8) is 0 Å². The highest BCUT2D eigenvalue weighted by Crippen LogP contribution is 2.34. The van der Waals surface area contributed by atoms with Crippen LogP contribution >= 0.6 is 0 Å². The molecule has 2 heterocycles. The molecule has 0 fully saturated rings. The van der Waals surface area contributed by atoms with Gasteiger partial charge in [-0.05, 0) is 35.9 Å². The summed E-state index contributed by atoms with van der Waals surface area (Å²) in [7, 11) is 0. The van der Waals surface area contributed by atoms with Crippen molar-refractivity contribution in [2.75, 3.05) is 20.0 Å². The number of carboxylic acids is 1. The Morgan fingerprint density at radius 1 is 0.926 bits per heavy atom. The zero-order valence-electron chi connectivity index (χ0n) is 14.3. The van der Waals surface area contributed by atoms with E-state index in [-0.39, 0.29) is 13.2 Å². The van der Waals surface area contributed by atoms with Crippen molar-refractivity contribution in [3.8, 4) is 23.0 Å². The fraction of sp³-hybridized carbons (Fsp3) is 0.263. The summed E-state index contributed by atoms with van der Waals surface area (Å²) >= 11 is 0. The predicted octanol–water partition coefficient (Wildman–Crippen LogP) is 2.13. The van der Waals surface area contributed by atoms with E-state index in [0.717, 1.165) is 0 Å². The molecular formula is C19H17NO7. The van der Waals surface area contributed by atoms with Gasteiger partial charge in [0.25, 0.3) is 5.91 Å². The van der Waals surface area contributed by atoms with Crippen molar-refractivity contribution in [3.05, 3.63) is 47.5 Å². The number of carbonyl (C=O) groups excluding carboxylic acids is 1. The first-order chi connectivity index (χ1) is 13.1. The van der Waals surface area contributed by atoms with Gasteiger partial charge in [-0.15, -0.1) is 0 Å². The molecule has 0 radical (unpaired) electrons. The van der Waals surface area contributed by atoms with Gasteiger partial charge in [0.1, 0.15) is 13.2 Å². The Kier molecular flexibility index (Phi) is 4.45. The molecule has 2 N–H and O–H groups in total. The van der Waals surface area contributed by atoms with Crippen molar-refractivity contribution < 1.29 is 33.6 Å². The standard InChI is InChI=1S/C19H17NO7/c21-18(22)9-13(11-1-3-14-16(7-11)25-6-5-24-14)20-19(23)12-2-4-15-17(8-12)27-10-26-15/h1-4,7-8,13H,5-6,9-10H2,(H,20,23)(H,21,22). The Morgan fingerprint density at radius 2 is 1.59 bits per heavy atom. The predicted molar refractivity (Wildman–Crippen MR) is 92.5 cm³/mol. The van der Waals surface area contributed by atoms with E-state index in [2.05, 4.69) is 5.32 Å². The molecule has 0 bridgehead atoms. The number of ether oxygens (including phenoxy) is 4. The van der Waals surface area contributed by atoms with E-state index >= 15 is 0 Å². The topological polar surface area (TPSA) is 103 Å². The number of aliphatic carboxylic acids is 1. The minimum Gasteiger partial charge on any atom is -0.486 e. The Labute approximate surface area is 154 Å². The van der Waals surface area contributed by atoms with Crippen LogP contribution in [0.3, 0.4) is 0 Å². The van der Waals surface area contributed by atoms with Crippen LogP contribution in [0.4, 0.5) is 0 Å². The van der Waals surface area contributed by atoms with Crippen molar-refractivity contribution in [1.29, 1.82) is 0 Å². The molecule has 27 heavy (non-hydrogen) atoms. The van der Waals surface area contributed by atoms with E-state index < -0.39 is 17.9 Å². The van der Waals surface area contributed by atoms with Crippen LogP contribution in [-0.4, -0.2) is 37.0 Å². The smallest absolute Gasteiger partial charge is 0.305 e. The molecular weight excluding hydrogens is 354 g/mol. The highest BCUT2D eigenvalue weighted by atomic mass is 16.7. The van der Waals surface area contributed by atoms with Crippen LogP contribution in [0.15, 0.2) is 36.4 Å². The molecule has 4 rings (SSSR count). The van der Waals surface area contributed by atoms with E-state index in [1.54, 1.807) is 36.4 Å². The van der Waals surface area contributed by atoms with Gasteiger partial charge in [-0.3, -0.25) is 9.59 Å². The number of fused-ring (bicyclic) bond motifs is 2. The number of carbonyl (C=O) groups is 2. The first kappa shape index (κ1) is 17.0. The van der Waals surface area contributed by atoms with E-state index in [4.69, 9.17) is 18.9 Å². The lowest BCUT2D eigenvalue weighted by Gasteiger charge is -2.22. The summed E-state index contributed by atoms with van der Waals surface area (Å²) in [5.74, 6) is 0.750. The lowest BCUT2D eigenvalue weighted by atomic mass is 10.0. The average Bonchev–Trinajstić information content (AvgIpc) is 3.14. The second-order valence-corrected chi connectivity index (χ2v) is 6.10. The molecule has 1 amide bonds. The Morgan fingerprint density at radius 3 is 2.41 bits per heavy atom. The van der Waals surface area contributed by atoms with Crippen LogP contribution in [0.25, 0.3) is 0 Å². The first-order valence-corrected chi connectivity index (χ1v) is 8.42. The number of nitrogens with one attached hydrogen (secondary N) is 1. The largest absolute Gasteiger partial charge is 0.486 e. The molecule has 2 aliphatic rings. The zero-order valence-corrected chi connectivity index (χ0v) is 14.3. The number of amides is 1. The maximum Gasteiger partial charge on any atom is 0.305 e. The van der Waals surface area contributed by atoms with Gasteiger partial charge in [0.15, 0.2) is 23.0 Å². The van der Waals surface area contributed by atoms with Crippen LogP contribution < -0.4 is 24.3 Å². The van der Waals surface area contributed by atoms with Crippen LogP contribution in [0, 0.1) is 0 Å². The molecule has 0 saturated heterocycles. The SMILES string of the molecule is O=C(O)CC(NC(=O)c1ccc2c(c1)OCO2)c1ccc2c(c1)OCCO2. The van der Waals surface area contributed by atoms with Gasteiger partial charge >= 0.3 is 5.97 Å². The number of carboxylic acid groups (broad SMARTS) is 1. The minimum atomic E-state index is -1.03. The second-order valence-electron chi connectivity index (χ2n) is 6.10. The number of hydrogen-bond acceptors (Lipinski definition) is 6. The molecule has 140 valence electrons. The molecule has 0 aliphatic carbocycles. The Balaban J connectivity index is 1.57. The van der Waals surface area contributed by atoms with Crippen LogP contribution in [0.2, 0.25) is 0 Å². The van der Waals surface area contributed by atoms with Gasteiger partial charge in [0, 0.05) is 5.56 Å². The molecule has 1 unspecified atom stereocenters. The fourth-order valence-electron chi connectivity index (χ4n) is 2.98. The fourth-order valence-corrected chi connectivity index (χ4v) is 2.98. The van der Waals surface area contributed by atoms with Gasteiger partial charge in [-0.25, -0.2) is 0 Å². The van der Waals surface area contributed by atoms with Crippen molar-refractivity contribution in [2.24, 2.45) is 0 Å². The summed E-state index contributed by atoms with van der Waals surface area (Å²) < 4.78 is 21.5. The second kappa shape index (κ2) is 7.06. The Bertz CT molecular complexity index is 896. The highest BCUT2D eigenvalue weighted by molar-refractivity contribution is 5.95. The maximum atomic E-state index is 12.6. The number of hydrogen-bond donors (Lipinski definition) is 2. The van der Waals surface area contributed by atoms with Crippen molar-refractivity contribution in [1.82, 2.24) is 5.32 Å². The molecule has 0 aromatic heterocycles. The first-order valence-electron chi connectivity index (χ1n) is 8.42. The van der Waals surface area contributed by atoms with E-state index in [0.29, 0.717) is 47.3 Å². The van der Waals surface area contributed by atoms with E-state index in [9.17, 15) is 14.7 Å². The normalized spacial score (nSPS) is 15.1. The molecule has 8 nitrogen and oxygen atoms in total. The lowest BCUT2D eigenvalue weighted by molar-refractivity contribution is -0.137. The molecule has 1 atom stereocenters. The average molecular weight is 371 g/mol. The van der Waals surface area contributed by atoms with Gasteiger partial charge in [0.05, 0.1) is 12.5 Å². The van der Waals surface area contributed by atoms with Crippen LogP contribution in [0.1, 0.15) is 28.4 Å². The number of benzene rings is 2. The Hall–Kier alpha value is -3.42. The minimum absolute atomic E-state index is 0.110. The quantitative estimate of drug-likeness (QED) is 0.830. The summed E-state index contributed by atoms with van der Waals surface area (Å²) in [6.45, 7) is 0.995. The van der Waals surface area contributed by atoms with Gasteiger partial charge < -0.3 is 29.4 Å². The van der Waals surface area contributed by atoms with Crippen LogP contribution in [-0.2, 0) is 4.79 Å². The maximum absolute atomic E-state index is 12.6. The molecule has 0 saturated carbocycles. The summed E-state index contributed by atoms with van der Waals surface area (Å²) in [6.07, 6.45) is -0.268. The molecule has 2 aliphatic heterocycles. The summed E-state index contributed by atoms with van der Waals surface area (Å²) in [5, 5.41) is 12.0. The van der Waals surface area contributed by atoms with Gasteiger partial charge in [-0.2, -0.15) is 0 Å². The molecule has 8 heteroatoms. The third-order valence-electron chi connectivity index (χ3n) is 4.29. The number of rotatable bonds is 5. The third kappa shape index (κ3) is 3.59. The monoisotopic (exact) mass is 371 g/mol. The highest BCUT2D eigenvalue weighted by Gasteiger charge is 2.23. The lowest BCUT2D eigenvalue weighted by Crippen LogP contribution is -2.30. The summed E-state index contributed by atoms with van der Waals surface area (Å²) in [5.41, 5.74) is 0.975. The third-order valence-corrected chi connectivity index (χ3v) is 4.29. The summed E-state index contributed by atoms with van der Waals surface area (Å²) in [4.78, 5) is 23.9. The van der Waals surface area contributed by atoms with Gasteiger partial charge in [0.2, 0.25) is 6.79 Å². The van der Waals surface area contributed by atoms with E-state index in [1.807, 2.05) is 0 Å². The van der Waals surface area contributed by atoms with Crippen molar-refractivity contribution in [2.45, 2.75) is 12.5 Å². The van der Waals surface area contributed by atoms with E-state index in [1.165, 1.54) is 0 Å². The zero-order chi connectivity index (χ0) is 18.8. The molecule has 0 spiro atoms. The molecule has 2 aromatic rings. The van der Waals surface area contributed by atoms with Gasteiger partial charge in [-0.1, -0.05) is 6.07 Å². The van der Waals surface area contributed by atoms with Crippen LogP contribution in [0.5, 0.6) is 23.0 Å². The summed E-state index contributed by atoms with van der Waals surface area (Å²) in [6, 6.07) is 9.22. The van der Waals surface area contributed by atoms with Crippen molar-refractivity contribution >= 4 is 11.9 Å².